The Bertz CT molecular complexity index is 830. The van der Waals surface area contributed by atoms with Gasteiger partial charge in [-0.05, 0) is 49.1 Å². The minimum absolute atomic E-state index is 0.598. The molecule has 0 spiro atoms. The molecule has 24 heavy (non-hydrogen) atoms. The van der Waals surface area contributed by atoms with E-state index < -0.39 is 0 Å². The standard InChI is InChI=1S/C20H24N2O2/c1-14-12-22(4)13-18(14)10-17-6-5-7-19(11-17)23-9-8-20-15(2)24-16(3)21-20/h5-7,11-13H,8-10H2,1-4H3. The van der Waals surface area contributed by atoms with E-state index in [1.165, 1.54) is 16.7 Å². The summed E-state index contributed by atoms with van der Waals surface area (Å²) in [6, 6.07) is 8.31. The first-order valence-electron chi connectivity index (χ1n) is 8.27. The first kappa shape index (κ1) is 16.4. The maximum atomic E-state index is 5.90. The number of aromatic nitrogens is 2. The molecule has 3 aromatic rings. The molecule has 0 bridgehead atoms. The van der Waals surface area contributed by atoms with Gasteiger partial charge in [0.05, 0.1) is 12.3 Å². The molecule has 2 heterocycles. The fourth-order valence-corrected chi connectivity index (χ4v) is 2.99. The SMILES string of the molecule is Cc1nc(CCOc2cccc(Cc3cn(C)cc3C)c2)c(C)o1. The summed E-state index contributed by atoms with van der Waals surface area (Å²) < 4.78 is 13.5. The monoisotopic (exact) mass is 324 g/mol. The molecule has 4 nitrogen and oxygen atoms in total. The van der Waals surface area contributed by atoms with Crippen molar-refractivity contribution in [3.8, 4) is 5.75 Å². The lowest BCUT2D eigenvalue weighted by atomic mass is 10.0. The molecule has 4 heteroatoms. The van der Waals surface area contributed by atoms with Crippen molar-refractivity contribution in [1.82, 2.24) is 9.55 Å². The molecule has 0 unspecified atom stereocenters. The third-order valence-electron chi connectivity index (χ3n) is 4.16. The van der Waals surface area contributed by atoms with Crippen LogP contribution in [0.15, 0.2) is 41.1 Å². The number of benzene rings is 1. The Labute approximate surface area is 143 Å². The van der Waals surface area contributed by atoms with Crippen LogP contribution < -0.4 is 4.74 Å². The van der Waals surface area contributed by atoms with Crippen LogP contribution in [-0.4, -0.2) is 16.2 Å². The third-order valence-corrected chi connectivity index (χ3v) is 4.16. The molecule has 0 radical (unpaired) electrons. The molecule has 0 atom stereocenters. The molecule has 0 aliphatic heterocycles. The molecule has 1 aromatic carbocycles. The van der Waals surface area contributed by atoms with Gasteiger partial charge in [0.25, 0.3) is 0 Å². The van der Waals surface area contributed by atoms with Crippen molar-refractivity contribution in [2.45, 2.75) is 33.6 Å². The summed E-state index contributed by atoms with van der Waals surface area (Å²) in [4.78, 5) is 4.38. The molecule has 0 aliphatic carbocycles. The molecule has 0 amide bonds. The van der Waals surface area contributed by atoms with E-state index in [2.05, 4.69) is 54.1 Å². The van der Waals surface area contributed by atoms with Gasteiger partial charge in [-0.3, -0.25) is 0 Å². The second-order valence-corrected chi connectivity index (χ2v) is 6.29. The van der Waals surface area contributed by atoms with Crippen LogP contribution in [0.4, 0.5) is 0 Å². The lowest BCUT2D eigenvalue weighted by molar-refractivity contribution is 0.319. The van der Waals surface area contributed by atoms with Gasteiger partial charge in [-0.15, -0.1) is 0 Å². The Kier molecular flexibility index (Phi) is 4.74. The number of rotatable bonds is 6. The Morgan fingerprint density at radius 3 is 2.67 bits per heavy atom. The lowest BCUT2D eigenvalue weighted by Gasteiger charge is -2.08. The fraction of sp³-hybridized carbons (Fsp3) is 0.350. The van der Waals surface area contributed by atoms with Gasteiger partial charge in [0.1, 0.15) is 11.5 Å². The molecule has 0 saturated heterocycles. The molecular formula is C20H24N2O2. The van der Waals surface area contributed by atoms with Crippen LogP contribution in [-0.2, 0) is 19.9 Å². The van der Waals surface area contributed by atoms with Crippen LogP contribution >= 0.6 is 0 Å². The van der Waals surface area contributed by atoms with E-state index in [9.17, 15) is 0 Å². The van der Waals surface area contributed by atoms with E-state index in [0.717, 1.165) is 30.0 Å². The highest BCUT2D eigenvalue weighted by Gasteiger charge is 2.07. The molecular weight excluding hydrogens is 300 g/mol. The predicted molar refractivity (Wildman–Crippen MR) is 94.6 cm³/mol. The second kappa shape index (κ2) is 6.95. The van der Waals surface area contributed by atoms with E-state index in [1.807, 2.05) is 19.9 Å². The zero-order chi connectivity index (χ0) is 17.1. The summed E-state index contributed by atoms with van der Waals surface area (Å²) in [5.74, 6) is 2.49. The summed E-state index contributed by atoms with van der Waals surface area (Å²) in [6.45, 7) is 6.56. The largest absolute Gasteiger partial charge is 0.493 e. The summed E-state index contributed by atoms with van der Waals surface area (Å²) in [5.41, 5.74) is 4.91. The van der Waals surface area contributed by atoms with Crippen molar-refractivity contribution in [1.29, 1.82) is 0 Å². The zero-order valence-electron chi connectivity index (χ0n) is 14.8. The Balaban J connectivity index is 1.61. The van der Waals surface area contributed by atoms with Gasteiger partial charge in [0.15, 0.2) is 5.89 Å². The van der Waals surface area contributed by atoms with Gasteiger partial charge >= 0.3 is 0 Å². The van der Waals surface area contributed by atoms with Crippen LogP contribution in [0.1, 0.15) is 34.0 Å². The van der Waals surface area contributed by atoms with Gasteiger partial charge in [0, 0.05) is 32.8 Å². The number of nitrogens with zero attached hydrogens (tertiary/aromatic N) is 2. The number of oxazole rings is 1. The van der Waals surface area contributed by atoms with Gasteiger partial charge < -0.3 is 13.7 Å². The third kappa shape index (κ3) is 3.88. The Morgan fingerprint density at radius 2 is 2.00 bits per heavy atom. The zero-order valence-corrected chi connectivity index (χ0v) is 14.8. The summed E-state index contributed by atoms with van der Waals surface area (Å²) in [5, 5.41) is 0. The van der Waals surface area contributed by atoms with E-state index in [4.69, 9.17) is 9.15 Å². The lowest BCUT2D eigenvalue weighted by Crippen LogP contribution is -2.03. The average Bonchev–Trinajstić information content (AvgIpc) is 3.01. The van der Waals surface area contributed by atoms with Crippen LogP contribution in [0.2, 0.25) is 0 Å². The van der Waals surface area contributed by atoms with E-state index in [1.54, 1.807) is 0 Å². The maximum Gasteiger partial charge on any atom is 0.191 e. The van der Waals surface area contributed by atoms with Crippen molar-refractivity contribution in [3.05, 3.63) is 70.7 Å². The molecule has 0 saturated carbocycles. The first-order chi connectivity index (χ1) is 11.5. The number of ether oxygens (including phenoxy) is 1. The van der Waals surface area contributed by atoms with Crippen LogP contribution in [0.5, 0.6) is 5.75 Å². The van der Waals surface area contributed by atoms with E-state index >= 15 is 0 Å². The summed E-state index contributed by atoms with van der Waals surface area (Å²) in [6.07, 6.45) is 6.01. The fourth-order valence-electron chi connectivity index (χ4n) is 2.99. The smallest absolute Gasteiger partial charge is 0.191 e. The van der Waals surface area contributed by atoms with Crippen LogP contribution in [0.3, 0.4) is 0 Å². The van der Waals surface area contributed by atoms with Gasteiger partial charge in [-0.25, -0.2) is 4.98 Å². The van der Waals surface area contributed by atoms with Crippen molar-refractivity contribution in [2.24, 2.45) is 7.05 Å². The van der Waals surface area contributed by atoms with Crippen molar-refractivity contribution >= 4 is 0 Å². The molecule has 126 valence electrons. The second-order valence-electron chi connectivity index (χ2n) is 6.29. The quantitative estimate of drug-likeness (QED) is 0.684. The summed E-state index contributed by atoms with van der Waals surface area (Å²) in [7, 11) is 2.06. The number of hydrogen-bond donors (Lipinski definition) is 0. The minimum Gasteiger partial charge on any atom is -0.493 e. The maximum absolute atomic E-state index is 5.90. The van der Waals surface area contributed by atoms with Gasteiger partial charge in [0.2, 0.25) is 0 Å². The Hall–Kier alpha value is -2.49. The first-order valence-corrected chi connectivity index (χ1v) is 8.27. The highest BCUT2D eigenvalue weighted by atomic mass is 16.5. The topological polar surface area (TPSA) is 40.2 Å². The van der Waals surface area contributed by atoms with Crippen molar-refractivity contribution < 1.29 is 9.15 Å². The number of aryl methyl sites for hydroxylation is 4. The normalized spacial score (nSPS) is 11.0. The average molecular weight is 324 g/mol. The van der Waals surface area contributed by atoms with Gasteiger partial charge in [-0.2, -0.15) is 0 Å². The van der Waals surface area contributed by atoms with Crippen LogP contribution in [0.25, 0.3) is 0 Å². The predicted octanol–water partition coefficient (Wildman–Crippen LogP) is 4.15. The summed E-state index contributed by atoms with van der Waals surface area (Å²) >= 11 is 0. The molecule has 0 aliphatic rings. The van der Waals surface area contributed by atoms with Gasteiger partial charge in [-0.1, -0.05) is 12.1 Å². The minimum atomic E-state index is 0.598. The highest BCUT2D eigenvalue weighted by Crippen LogP contribution is 2.19. The van der Waals surface area contributed by atoms with Crippen molar-refractivity contribution in [2.75, 3.05) is 6.61 Å². The van der Waals surface area contributed by atoms with E-state index in [-0.39, 0.29) is 0 Å². The molecule has 0 fully saturated rings. The number of hydrogen-bond acceptors (Lipinski definition) is 3. The molecule has 3 rings (SSSR count). The Morgan fingerprint density at radius 1 is 1.17 bits per heavy atom. The molecule has 0 N–H and O–H groups in total. The molecule has 2 aromatic heterocycles. The van der Waals surface area contributed by atoms with Crippen LogP contribution in [0, 0.1) is 20.8 Å². The highest BCUT2D eigenvalue weighted by molar-refractivity contribution is 5.34. The van der Waals surface area contributed by atoms with E-state index in [0.29, 0.717) is 12.5 Å². The van der Waals surface area contributed by atoms with Crippen molar-refractivity contribution in [3.63, 3.8) is 0 Å².